The Morgan fingerprint density at radius 3 is 1.52 bits per heavy atom. The minimum Gasteiger partial charge on any atom is -0.456 e. The highest BCUT2D eigenvalue weighted by Crippen LogP contribution is 2.66. The topological polar surface area (TPSA) is 29.5 Å². The molecule has 0 N–H and O–H groups in total. The first-order valence-corrected chi connectivity index (χ1v) is 6.49. The first-order valence-electron chi connectivity index (χ1n) is 6.49. The van der Waals surface area contributed by atoms with E-state index in [2.05, 4.69) is 4.74 Å². The SMILES string of the molecule is CC(=O)OC(C)C(F)(F)C(F)C(F)(F)N1C(F)(F)C(F)(F)C(F)(F)C1(F)F. The Balaban J connectivity index is 3.51. The van der Waals surface area contributed by atoms with Gasteiger partial charge < -0.3 is 4.74 Å². The number of hydrogen-bond donors (Lipinski definition) is 0. The van der Waals surface area contributed by atoms with E-state index in [0.717, 1.165) is 0 Å². The standard InChI is InChI=1S/C11H8F13NO2/c1-3(27-4(2)26)6(13,14)5(12)7(15,16)25-10(21,22)8(17,18)9(19,20)11(25,23)24/h3,5H,1-2H3. The number of nitrogens with zero attached hydrogens (tertiary/aromatic N) is 1. The third kappa shape index (κ3) is 2.90. The number of rotatable bonds is 5. The molecule has 0 aromatic rings. The van der Waals surface area contributed by atoms with Gasteiger partial charge in [0.25, 0.3) is 0 Å². The fourth-order valence-electron chi connectivity index (χ4n) is 2.09. The lowest BCUT2D eigenvalue weighted by Crippen LogP contribution is -2.66. The monoisotopic (exact) mass is 433 g/mol. The van der Waals surface area contributed by atoms with E-state index in [1.165, 1.54) is 0 Å². The molecule has 2 atom stereocenters. The highest BCUT2D eigenvalue weighted by molar-refractivity contribution is 5.66. The summed E-state index contributed by atoms with van der Waals surface area (Å²) in [7, 11) is 0. The van der Waals surface area contributed by atoms with E-state index < -0.39 is 59.1 Å². The van der Waals surface area contributed by atoms with Crippen molar-refractivity contribution >= 4 is 5.97 Å². The third-order valence-electron chi connectivity index (χ3n) is 3.54. The molecule has 0 aliphatic carbocycles. The van der Waals surface area contributed by atoms with Crippen molar-refractivity contribution in [3.63, 3.8) is 0 Å². The number of esters is 1. The van der Waals surface area contributed by atoms with E-state index in [4.69, 9.17) is 0 Å². The molecule has 0 radical (unpaired) electrons. The Bertz CT molecular complexity index is 579. The highest BCUT2D eigenvalue weighted by Gasteiger charge is 2.97. The van der Waals surface area contributed by atoms with Crippen molar-refractivity contribution in [2.24, 2.45) is 0 Å². The summed E-state index contributed by atoms with van der Waals surface area (Å²) in [5.41, 5.74) is 0. The average Bonchev–Trinajstić information content (AvgIpc) is 2.50. The number of carbonyl (C=O) groups excluding carboxylic acids is 1. The molecule has 160 valence electrons. The van der Waals surface area contributed by atoms with E-state index in [1.54, 1.807) is 0 Å². The van der Waals surface area contributed by atoms with Crippen molar-refractivity contribution in [1.29, 1.82) is 0 Å². The van der Waals surface area contributed by atoms with Crippen LogP contribution in [0.1, 0.15) is 13.8 Å². The summed E-state index contributed by atoms with van der Waals surface area (Å²) >= 11 is 0. The molecule has 0 aromatic heterocycles. The van der Waals surface area contributed by atoms with Gasteiger partial charge in [-0.2, -0.15) is 52.7 Å². The van der Waals surface area contributed by atoms with Crippen LogP contribution in [0.3, 0.4) is 0 Å². The number of ether oxygens (including phenoxy) is 1. The van der Waals surface area contributed by atoms with Gasteiger partial charge in [0.2, 0.25) is 6.17 Å². The zero-order chi connectivity index (χ0) is 22.0. The first kappa shape index (κ1) is 23.6. The Kier molecular flexibility index (Phi) is 5.24. The lowest BCUT2D eigenvalue weighted by molar-refractivity contribution is -0.391. The maximum atomic E-state index is 13.7. The molecular formula is C11H8F13NO2. The molecule has 1 aliphatic heterocycles. The molecule has 0 aromatic carbocycles. The Hall–Kier alpha value is -1.48. The molecular weight excluding hydrogens is 425 g/mol. The van der Waals surface area contributed by atoms with Crippen LogP contribution in [0.4, 0.5) is 57.1 Å². The molecule has 1 heterocycles. The Labute approximate surface area is 141 Å². The zero-order valence-electron chi connectivity index (χ0n) is 12.8. The van der Waals surface area contributed by atoms with Gasteiger partial charge in [-0.25, -0.2) is 4.39 Å². The molecule has 0 bridgehead atoms. The summed E-state index contributed by atoms with van der Waals surface area (Å²) in [6.45, 7) is 0.454. The summed E-state index contributed by atoms with van der Waals surface area (Å²) < 4.78 is 177. The average molecular weight is 433 g/mol. The van der Waals surface area contributed by atoms with Crippen molar-refractivity contribution < 1.29 is 66.6 Å². The number of carbonyl (C=O) groups is 1. The van der Waals surface area contributed by atoms with Gasteiger partial charge in [-0.15, -0.1) is 4.90 Å². The second-order valence-corrected chi connectivity index (χ2v) is 5.44. The van der Waals surface area contributed by atoms with Crippen LogP contribution < -0.4 is 0 Å². The molecule has 0 spiro atoms. The Morgan fingerprint density at radius 2 is 1.22 bits per heavy atom. The second-order valence-electron chi connectivity index (χ2n) is 5.44. The van der Waals surface area contributed by atoms with Crippen LogP contribution in [0.25, 0.3) is 0 Å². The molecule has 1 saturated heterocycles. The van der Waals surface area contributed by atoms with Crippen LogP contribution >= 0.6 is 0 Å². The maximum absolute atomic E-state index is 13.7. The number of likely N-dealkylation sites (tertiary alicyclic amines) is 1. The fraction of sp³-hybridized carbons (Fsp3) is 0.909. The van der Waals surface area contributed by atoms with E-state index in [1.807, 2.05) is 0 Å². The van der Waals surface area contributed by atoms with Crippen LogP contribution in [-0.4, -0.2) is 59.1 Å². The van der Waals surface area contributed by atoms with Gasteiger partial charge in [0.1, 0.15) is 0 Å². The van der Waals surface area contributed by atoms with Crippen molar-refractivity contribution in [2.45, 2.75) is 62.0 Å². The number of halogens is 13. The van der Waals surface area contributed by atoms with Crippen LogP contribution in [0.5, 0.6) is 0 Å². The van der Waals surface area contributed by atoms with Gasteiger partial charge in [-0.3, -0.25) is 4.79 Å². The van der Waals surface area contributed by atoms with E-state index in [9.17, 15) is 61.9 Å². The van der Waals surface area contributed by atoms with Gasteiger partial charge in [-0.05, 0) is 6.92 Å². The van der Waals surface area contributed by atoms with Gasteiger partial charge in [0, 0.05) is 6.92 Å². The van der Waals surface area contributed by atoms with Crippen LogP contribution in [0.15, 0.2) is 0 Å². The smallest absolute Gasteiger partial charge is 0.394 e. The van der Waals surface area contributed by atoms with Crippen molar-refractivity contribution in [3.8, 4) is 0 Å². The predicted octanol–water partition coefficient (Wildman–Crippen LogP) is 4.28. The van der Waals surface area contributed by atoms with E-state index in [-0.39, 0.29) is 6.92 Å². The Morgan fingerprint density at radius 1 is 0.889 bits per heavy atom. The lowest BCUT2D eigenvalue weighted by atomic mass is 10.1. The summed E-state index contributed by atoms with van der Waals surface area (Å²) in [6, 6.07) is -21.3. The fourth-order valence-corrected chi connectivity index (χ4v) is 2.09. The van der Waals surface area contributed by atoms with Crippen molar-refractivity contribution in [1.82, 2.24) is 4.90 Å². The molecule has 27 heavy (non-hydrogen) atoms. The molecule has 16 heteroatoms. The largest absolute Gasteiger partial charge is 0.456 e. The predicted molar refractivity (Wildman–Crippen MR) is 57.6 cm³/mol. The van der Waals surface area contributed by atoms with Crippen LogP contribution in [0, 0.1) is 0 Å². The second kappa shape index (κ2) is 6.01. The number of hydrogen-bond acceptors (Lipinski definition) is 3. The van der Waals surface area contributed by atoms with Gasteiger partial charge in [-0.1, -0.05) is 0 Å². The zero-order valence-corrected chi connectivity index (χ0v) is 12.8. The summed E-state index contributed by atoms with van der Waals surface area (Å²) in [5.74, 6) is -21.7. The highest BCUT2D eigenvalue weighted by atomic mass is 19.4. The molecule has 0 amide bonds. The first-order chi connectivity index (χ1) is 11.6. The van der Waals surface area contributed by atoms with Gasteiger partial charge in [0.15, 0.2) is 6.10 Å². The molecule has 1 aliphatic rings. The van der Waals surface area contributed by atoms with Gasteiger partial charge in [0.05, 0.1) is 0 Å². The van der Waals surface area contributed by atoms with Crippen LogP contribution in [0.2, 0.25) is 0 Å². The minimum absolute atomic E-state index is 0.0353. The molecule has 2 unspecified atom stereocenters. The minimum atomic E-state index is -7.18. The van der Waals surface area contributed by atoms with E-state index >= 15 is 0 Å². The summed E-state index contributed by atoms with van der Waals surface area (Å²) in [5, 5.41) is 0. The molecule has 1 fully saturated rings. The van der Waals surface area contributed by atoms with E-state index in [0.29, 0.717) is 6.92 Å². The number of alkyl halides is 13. The maximum Gasteiger partial charge on any atom is 0.394 e. The molecule has 0 saturated carbocycles. The van der Waals surface area contributed by atoms with Crippen molar-refractivity contribution in [3.05, 3.63) is 0 Å². The quantitative estimate of drug-likeness (QED) is 0.369. The summed E-state index contributed by atoms with van der Waals surface area (Å²) in [6.07, 6.45) is -8.68. The third-order valence-corrected chi connectivity index (χ3v) is 3.54. The van der Waals surface area contributed by atoms with Crippen LogP contribution in [-0.2, 0) is 9.53 Å². The molecule has 3 nitrogen and oxygen atoms in total. The molecule has 1 rings (SSSR count). The van der Waals surface area contributed by atoms with Crippen molar-refractivity contribution in [2.75, 3.05) is 0 Å². The summed E-state index contributed by atoms with van der Waals surface area (Å²) in [4.78, 5) is 6.90. The normalized spacial score (nSPS) is 26.5. The van der Waals surface area contributed by atoms with Gasteiger partial charge >= 0.3 is 41.9 Å². The lowest BCUT2D eigenvalue weighted by Gasteiger charge is -2.39.